The van der Waals surface area contributed by atoms with E-state index in [-0.39, 0.29) is 17.4 Å². The molecule has 1 saturated carbocycles. The molecule has 124 valence electrons. The van der Waals surface area contributed by atoms with Crippen LogP contribution in [0.25, 0.3) is 0 Å². The Bertz CT molecular complexity index is 564. The fourth-order valence-corrected chi connectivity index (χ4v) is 3.79. The van der Waals surface area contributed by atoms with Crippen LogP contribution in [0.2, 0.25) is 0 Å². The maximum Gasteiger partial charge on any atom is 0.410 e. The molecule has 0 radical (unpaired) electrons. The lowest BCUT2D eigenvalue weighted by Gasteiger charge is -2.35. The van der Waals surface area contributed by atoms with Crippen LogP contribution in [0.15, 0.2) is 30.3 Å². The van der Waals surface area contributed by atoms with Crippen LogP contribution >= 0.6 is 0 Å². The minimum atomic E-state index is -0.683. The summed E-state index contributed by atoms with van der Waals surface area (Å²) in [7, 11) is 0. The molecule has 1 aliphatic carbocycles. The Hall–Kier alpha value is -2.04. The standard InChI is InChI=1S/C18H23NO4/c20-16(21)15-6-8-18(9-7-15)10-11-19(13-18)17(22)23-12-14-4-2-1-3-5-14/h1-5,15H,6-13H2,(H,20,21). The number of ether oxygens (including phenoxy) is 1. The second-order valence-corrected chi connectivity index (χ2v) is 6.82. The SMILES string of the molecule is O=C(O)C1CCC2(CC1)CCN(C(=O)OCc1ccccc1)C2. The molecule has 1 aliphatic heterocycles. The number of aliphatic carboxylic acids is 1. The fraction of sp³-hybridized carbons (Fsp3) is 0.556. The normalized spacial score (nSPS) is 27.1. The van der Waals surface area contributed by atoms with Gasteiger partial charge in [-0.05, 0) is 43.1 Å². The highest BCUT2D eigenvalue weighted by atomic mass is 16.6. The summed E-state index contributed by atoms with van der Waals surface area (Å²) in [6.45, 7) is 1.71. The van der Waals surface area contributed by atoms with Crippen LogP contribution in [0.4, 0.5) is 4.79 Å². The largest absolute Gasteiger partial charge is 0.481 e. The summed E-state index contributed by atoms with van der Waals surface area (Å²) in [5.41, 5.74) is 1.09. The number of benzene rings is 1. The molecule has 1 amide bonds. The number of rotatable bonds is 3. The highest BCUT2D eigenvalue weighted by molar-refractivity contribution is 5.70. The number of hydrogen-bond acceptors (Lipinski definition) is 3. The Balaban J connectivity index is 1.49. The van der Waals surface area contributed by atoms with E-state index in [4.69, 9.17) is 9.84 Å². The molecule has 1 aromatic rings. The van der Waals surface area contributed by atoms with E-state index in [2.05, 4.69) is 0 Å². The maximum absolute atomic E-state index is 12.2. The average molecular weight is 317 g/mol. The van der Waals surface area contributed by atoms with Crippen LogP contribution in [0.5, 0.6) is 0 Å². The predicted octanol–water partition coefficient (Wildman–Crippen LogP) is 3.29. The van der Waals surface area contributed by atoms with Crippen LogP contribution in [-0.2, 0) is 16.1 Å². The summed E-state index contributed by atoms with van der Waals surface area (Å²) in [5, 5.41) is 9.10. The summed E-state index contributed by atoms with van der Waals surface area (Å²) < 4.78 is 5.40. The minimum Gasteiger partial charge on any atom is -0.481 e. The van der Waals surface area contributed by atoms with Gasteiger partial charge in [0.2, 0.25) is 0 Å². The number of amides is 1. The first-order valence-corrected chi connectivity index (χ1v) is 8.26. The van der Waals surface area contributed by atoms with E-state index >= 15 is 0 Å². The number of carbonyl (C=O) groups is 2. The molecule has 1 saturated heterocycles. The van der Waals surface area contributed by atoms with Gasteiger partial charge in [0, 0.05) is 13.1 Å². The Morgan fingerprint density at radius 1 is 1.17 bits per heavy atom. The number of nitrogens with zero attached hydrogens (tertiary/aromatic N) is 1. The van der Waals surface area contributed by atoms with Crippen LogP contribution in [0.1, 0.15) is 37.7 Å². The summed E-state index contributed by atoms with van der Waals surface area (Å²) in [5.74, 6) is -0.892. The molecule has 3 rings (SSSR count). The number of carboxylic acids is 1. The molecular weight excluding hydrogens is 294 g/mol. The second-order valence-electron chi connectivity index (χ2n) is 6.82. The van der Waals surface area contributed by atoms with Gasteiger partial charge in [-0.15, -0.1) is 0 Å². The third-order valence-corrected chi connectivity index (χ3v) is 5.30. The molecule has 1 spiro atoms. The van der Waals surface area contributed by atoms with Gasteiger partial charge >= 0.3 is 12.1 Å². The molecule has 1 aromatic carbocycles. The van der Waals surface area contributed by atoms with Crippen LogP contribution in [0, 0.1) is 11.3 Å². The van der Waals surface area contributed by atoms with Gasteiger partial charge in [-0.2, -0.15) is 0 Å². The molecule has 0 bridgehead atoms. The zero-order chi connectivity index (χ0) is 16.3. The molecule has 1 N–H and O–H groups in total. The second kappa shape index (κ2) is 6.60. The summed E-state index contributed by atoms with van der Waals surface area (Å²) in [6, 6.07) is 9.66. The number of carboxylic acid groups (broad SMARTS) is 1. The third kappa shape index (κ3) is 3.66. The highest BCUT2D eigenvalue weighted by Crippen LogP contribution is 2.45. The highest BCUT2D eigenvalue weighted by Gasteiger charge is 2.43. The van der Waals surface area contributed by atoms with Gasteiger partial charge in [-0.3, -0.25) is 4.79 Å². The zero-order valence-electron chi connectivity index (χ0n) is 13.2. The maximum atomic E-state index is 12.2. The smallest absolute Gasteiger partial charge is 0.410 e. The molecule has 1 heterocycles. The number of carbonyl (C=O) groups excluding carboxylic acids is 1. The van der Waals surface area contributed by atoms with Crippen LogP contribution in [0.3, 0.4) is 0 Å². The lowest BCUT2D eigenvalue weighted by molar-refractivity contribution is -0.143. The van der Waals surface area contributed by atoms with Crippen molar-refractivity contribution in [2.75, 3.05) is 13.1 Å². The van der Waals surface area contributed by atoms with Gasteiger partial charge in [0.15, 0.2) is 0 Å². The zero-order valence-corrected chi connectivity index (χ0v) is 13.2. The molecule has 23 heavy (non-hydrogen) atoms. The van der Waals surface area contributed by atoms with Gasteiger partial charge in [0.25, 0.3) is 0 Å². The quantitative estimate of drug-likeness (QED) is 0.929. The van der Waals surface area contributed by atoms with Gasteiger partial charge in [-0.1, -0.05) is 30.3 Å². The Morgan fingerprint density at radius 2 is 1.87 bits per heavy atom. The van der Waals surface area contributed by atoms with Gasteiger partial charge in [0.05, 0.1) is 5.92 Å². The minimum absolute atomic E-state index is 0.109. The fourth-order valence-electron chi connectivity index (χ4n) is 3.79. The van der Waals surface area contributed by atoms with E-state index in [0.717, 1.165) is 37.7 Å². The van der Waals surface area contributed by atoms with Gasteiger partial charge < -0.3 is 14.7 Å². The number of likely N-dealkylation sites (tertiary alicyclic amines) is 1. The van der Waals surface area contributed by atoms with Crippen molar-refractivity contribution in [3.63, 3.8) is 0 Å². The topological polar surface area (TPSA) is 66.8 Å². The van der Waals surface area contributed by atoms with E-state index < -0.39 is 5.97 Å². The molecule has 0 atom stereocenters. The van der Waals surface area contributed by atoms with Crippen molar-refractivity contribution in [3.05, 3.63) is 35.9 Å². The van der Waals surface area contributed by atoms with Crippen molar-refractivity contribution in [3.8, 4) is 0 Å². The van der Waals surface area contributed by atoms with Crippen LogP contribution < -0.4 is 0 Å². The van der Waals surface area contributed by atoms with Crippen molar-refractivity contribution in [1.82, 2.24) is 4.90 Å². The summed E-state index contributed by atoms with van der Waals surface area (Å²) in [6.07, 6.45) is 3.94. The van der Waals surface area contributed by atoms with E-state index in [1.807, 2.05) is 30.3 Å². The van der Waals surface area contributed by atoms with E-state index in [1.54, 1.807) is 4.90 Å². The van der Waals surface area contributed by atoms with Crippen molar-refractivity contribution in [1.29, 1.82) is 0 Å². The molecular formula is C18H23NO4. The molecule has 0 unspecified atom stereocenters. The molecule has 2 aliphatic rings. The molecule has 0 aromatic heterocycles. The monoisotopic (exact) mass is 317 g/mol. The van der Waals surface area contributed by atoms with E-state index in [0.29, 0.717) is 19.7 Å². The lowest BCUT2D eigenvalue weighted by Crippen LogP contribution is -2.35. The molecule has 5 heteroatoms. The van der Waals surface area contributed by atoms with Gasteiger partial charge in [-0.25, -0.2) is 4.79 Å². The molecule has 5 nitrogen and oxygen atoms in total. The van der Waals surface area contributed by atoms with Crippen molar-refractivity contribution < 1.29 is 19.4 Å². The summed E-state index contributed by atoms with van der Waals surface area (Å²) in [4.78, 5) is 25.1. The van der Waals surface area contributed by atoms with Crippen molar-refractivity contribution >= 4 is 12.1 Å². The van der Waals surface area contributed by atoms with Gasteiger partial charge in [0.1, 0.15) is 6.61 Å². The van der Waals surface area contributed by atoms with Crippen LogP contribution in [-0.4, -0.2) is 35.2 Å². The lowest BCUT2D eigenvalue weighted by atomic mass is 9.70. The molecule has 2 fully saturated rings. The Labute approximate surface area is 136 Å². The third-order valence-electron chi connectivity index (χ3n) is 5.30. The number of hydrogen-bond donors (Lipinski definition) is 1. The predicted molar refractivity (Wildman–Crippen MR) is 84.8 cm³/mol. The van der Waals surface area contributed by atoms with Crippen molar-refractivity contribution in [2.45, 2.75) is 38.7 Å². The Morgan fingerprint density at radius 3 is 2.52 bits per heavy atom. The first-order valence-electron chi connectivity index (χ1n) is 8.26. The van der Waals surface area contributed by atoms with E-state index in [9.17, 15) is 9.59 Å². The first kappa shape index (κ1) is 15.8. The first-order chi connectivity index (χ1) is 11.1. The average Bonchev–Trinajstić information content (AvgIpc) is 2.98. The van der Waals surface area contributed by atoms with E-state index in [1.165, 1.54) is 0 Å². The van der Waals surface area contributed by atoms with Crippen molar-refractivity contribution in [2.24, 2.45) is 11.3 Å². The Kier molecular flexibility index (Phi) is 4.55. The summed E-state index contributed by atoms with van der Waals surface area (Å²) >= 11 is 0.